The van der Waals surface area contributed by atoms with Crippen LogP contribution >= 0.6 is 11.6 Å². The van der Waals surface area contributed by atoms with Gasteiger partial charge in [-0.1, -0.05) is 11.6 Å². The fourth-order valence-electron chi connectivity index (χ4n) is 2.35. The highest BCUT2D eigenvalue weighted by Gasteiger charge is 2.29. The zero-order chi connectivity index (χ0) is 16.6. The predicted octanol–water partition coefficient (Wildman–Crippen LogP) is 2.84. The number of hydrogen-bond donors (Lipinski definition) is 0. The molecule has 0 bridgehead atoms. The van der Waals surface area contributed by atoms with E-state index < -0.39 is 4.92 Å². The van der Waals surface area contributed by atoms with Crippen molar-refractivity contribution in [3.05, 3.63) is 39.7 Å². The largest absolute Gasteiger partial charge is 0.451 e. The quantitative estimate of drug-likeness (QED) is 0.627. The third kappa shape index (κ3) is 2.90. The average Bonchev–Trinajstić information content (AvgIpc) is 2.51. The van der Waals surface area contributed by atoms with E-state index in [2.05, 4.69) is 10.2 Å². The molecule has 0 saturated heterocycles. The minimum Gasteiger partial charge on any atom is -0.451 e. The van der Waals surface area contributed by atoms with E-state index in [4.69, 9.17) is 16.3 Å². The average molecular weight is 336 g/mol. The highest BCUT2D eigenvalue weighted by atomic mass is 35.5. The van der Waals surface area contributed by atoms with Gasteiger partial charge in [-0.15, -0.1) is 5.10 Å². The van der Waals surface area contributed by atoms with E-state index in [9.17, 15) is 10.1 Å². The molecule has 0 N–H and O–H groups in total. The van der Waals surface area contributed by atoms with Crippen LogP contribution in [-0.4, -0.2) is 47.2 Å². The van der Waals surface area contributed by atoms with Crippen molar-refractivity contribution in [3.8, 4) is 11.5 Å². The maximum Gasteiger partial charge on any atom is 0.273 e. The maximum atomic E-state index is 11.0. The zero-order valence-electron chi connectivity index (χ0n) is 12.6. The van der Waals surface area contributed by atoms with Crippen LogP contribution in [0.1, 0.15) is 0 Å². The van der Waals surface area contributed by atoms with Gasteiger partial charge in [-0.05, 0) is 20.2 Å². The second-order valence-corrected chi connectivity index (χ2v) is 5.67. The van der Waals surface area contributed by atoms with Gasteiger partial charge in [0.05, 0.1) is 22.9 Å². The van der Waals surface area contributed by atoms with Gasteiger partial charge in [0.15, 0.2) is 16.7 Å². The summed E-state index contributed by atoms with van der Waals surface area (Å²) in [5.41, 5.74) is 1.29. The van der Waals surface area contributed by atoms with Gasteiger partial charge in [-0.25, -0.2) is 0 Å². The summed E-state index contributed by atoms with van der Waals surface area (Å²) in [5.74, 6) is 0.825. The summed E-state index contributed by atoms with van der Waals surface area (Å²) in [5, 5.41) is 18.8. The number of nitro benzene ring substituents is 1. The van der Waals surface area contributed by atoms with Gasteiger partial charge in [0.25, 0.3) is 5.69 Å². The van der Waals surface area contributed by atoms with Gasteiger partial charge in [0.2, 0.25) is 0 Å². The number of rotatable bonds is 4. The van der Waals surface area contributed by atoms with Crippen molar-refractivity contribution >= 4 is 28.7 Å². The van der Waals surface area contributed by atoms with Gasteiger partial charge in [-0.2, -0.15) is 5.10 Å². The molecule has 23 heavy (non-hydrogen) atoms. The van der Waals surface area contributed by atoms with Crippen molar-refractivity contribution in [2.45, 2.75) is 0 Å². The van der Waals surface area contributed by atoms with E-state index in [1.807, 2.05) is 23.9 Å². The number of aromatic nitrogens is 2. The third-order valence-electron chi connectivity index (χ3n) is 3.45. The number of non-ortho nitro benzene ring substituents is 1. The highest BCUT2D eigenvalue weighted by Crippen LogP contribution is 2.49. The summed E-state index contributed by atoms with van der Waals surface area (Å²) in [6, 6.07) is 4.50. The minimum atomic E-state index is -0.457. The molecule has 0 unspecified atom stereocenters. The van der Waals surface area contributed by atoms with Gasteiger partial charge < -0.3 is 14.5 Å². The Labute approximate surface area is 137 Å². The lowest BCUT2D eigenvalue weighted by Gasteiger charge is -2.33. The summed E-state index contributed by atoms with van der Waals surface area (Å²) in [7, 11) is 3.93. The molecule has 0 radical (unpaired) electrons. The monoisotopic (exact) mass is 335 g/mol. The Hall–Kier alpha value is -2.45. The van der Waals surface area contributed by atoms with Crippen molar-refractivity contribution < 1.29 is 9.66 Å². The van der Waals surface area contributed by atoms with Crippen LogP contribution in [0.5, 0.6) is 11.5 Å². The first-order valence-corrected chi connectivity index (χ1v) is 7.25. The number of hydrogen-bond acceptors (Lipinski definition) is 7. The van der Waals surface area contributed by atoms with Gasteiger partial charge in [0.1, 0.15) is 5.69 Å². The lowest BCUT2D eigenvalue weighted by Crippen LogP contribution is -2.30. The molecule has 8 nitrogen and oxygen atoms in total. The predicted molar refractivity (Wildman–Crippen MR) is 85.8 cm³/mol. The van der Waals surface area contributed by atoms with Crippen LogP contribution in [0, 0.1) is 10.1 Å². The Balaban J connectivity index is 2.09. The van der Waals surface area contributed by atoms with Crippen LogP contribution in [0.25, 0.3) is 0 Å². The molecule has 0 fully saturated rings. The number of nitro groups is 1. The lowest BCUT2D eigenvalue weighted by molar-refractivity contribution is -0.384. The summed E-state index contributed by atoms with van der Waals surface area (Å²) in [6.45, 7) is 1.38. The molecule has 1 aliphatic heterocycles. The Bertz CT molecular complexity index is 768. The maximum absolute atomic E-state index is 11.0. The number of fused-ring (bicyclic) bond motifs is 2. The summed E-state index contributed by atoms with van der Waals surface area (Å²) < 4.78 is 5.74. The first kappa shape index (κ1) is 15.4. The third-order valence-corrected chi connectivity index (χ3v) is 3.71. The SMILES string of the molecule is CN(C)CCN1c2ccc([N+](=O)[O-])cc2Oc2cnnc(Cl)c21. The van der Waals surface area contributed by atoms with E-state index in [0.717, 1.165) is 6.54 Å². The number of nitrogens with zero attached hydrogens (tertiary/aromatic N) is 5. The summed E-state index contributed by atoms with van der Waals surface area (Å²) >= 11 is 6.18. The number of benzene rings is 1. The second kappa shape index (κ2) is 5.98. The molecule has 9 heteroatoms. The molecular weight excluding hydrogens is 322 g/mol. The van der Waals surface area contributed by atoms with Gasteiger partial charge in [0, 0.05) is 19.2 Å². The Morgan fingerprint density at radius 1 is 1.39 bits per heavy atom. The molecule has 3 rings (SSSR count). The van der Waals surface area contributed by atoms with Crippen LogP contribution in [0.4, 0.5) is 17.1 Å². The number of halogens is 1. The van der Waals surface area contributed by atoms with Crippen molar-refractivity contribution in [2.75, 3.05) is 32.1 Å². The molecule has 0 saturated carbocycles. The zero-order valence-corrected chi connectivity index (χ0v) is 13.3. The summed E-state index contributed by atoms with van der Waals surface area (Å²) in [6.07, 6.45) is 1.45. The van der Waals surface area contributed by atoms with Gasteiger partial charge in [-0.3, -0.25) is 10.1 Å². The van der Waals surface area contributed by atoms with Gasteiger partial charge >= 0.3 is 0 Å². The lowest BCUT2D eigenvalue weighted by atomic mass is 10.2. The summed E-state index contributed by atoms with van der Waals surface area (Å²) in [4.78, 5) is 14.5. The van der Waals surface area contributed by atoms with Crippen molar-refractivity contribution in [2.24, 2.45) is 0 Å². The molecular formula is C14H14ClN5O3. The van der Waals surface area contributed by atoms with Crippen LogP contribution in [0.15, 0.2) is 24.4 Å². The first-order valence-electron chi connectivity index (χ1n) is 6.87. The molecule has 0 spiro atoms. The fourth-order valence-corrected chi connectivity index (χ4v) is 2.59. The molecule has 1 aromatic heterocycles. The number of anilines is 2. The first-order chi connectivity index (χ1) is 11.0. The second-order valence-electron chi connectivity index (χ2n) is 5.31. The minimum absolute atomic E-state index is 0.0344. The number of ether oxygens (including phenoxy) is 1. The van der Waals surface area contributed by atoms with Crippen molar-refractivity contribution in [1.29, 1.82) is 0 Å². The number of likely N-dealkylation sites (N-methyl/N-ethyl adjacent to an activating group) is 1. The van der Waals surface area contributed by atoms with E-state index in [1.165, 1.54) is 18.3 Å². The fraction of sp³-hybridized carbons (Fsp3) is 0.286. The molecule has 1 aromatic carbocycles. The van der Waals surface area contributed by atoms with E-state index in [1.54, 1.807) is 6.07 Å². The van der Waals surface area contributed by atoms with Crippen LogP contribution in [-0.2, 0) is 0 Å². The van der Waals surface area contributed by atoms with Crippen molar-refractivity contribution in [3.63, 3.8) is 0 Å². The van der Waals surface area contributed by atoms with Crippen LogP contribution in [0.3, 0.4) is 0 Å². The molecule has 1 aliphatic rings. The smallest absolute Gasteiger partial charge is 0.273 e. The van der Waals surface area contributed by atoms with Crippen LogP contribution < -0.4 is 9.64 Å². The van der Waals surface area contributed by atoms with E-state index in [-0.39, 0.29) is 10.8 Å². The molecule has 0 aliphatic carbocycles. The van der Waals surface area contributed by atoms with E-state index in [0.29, 0.717) is 29.4 Å². The molecule has 0 atom stereocenters. The Morgan fingerprint density at radius 3 is 2.87 bits per heavy atom. The molecule has 2 heterocycles. The van der Waals surface area contributed by atoms with E-state index >= 15 is 0 Å². The van der Waals surface area contributed by atoms with Crippen LogP contribution in [0.2, 0.25) is 5.15 Å². The van der Waals surface area contributed by atoms with Crippen molar-refractivity contribution in [1.82, 2.24) is 15.1 Å². The molecule has 2 aromatic rings. The standard InChI is InChI=1S/C14H14ClN5O3/c1-18(2)5-6-19-10-4-3-9(20(21)22)7-11(10)23-12-8-16-17-14(15)13(12)19/h3-4,7-8H,5-6H2,1-2H3. The molecule has 120 valence electrons. The molecule has 0 amide bonds. The Morgan fingerprint density at radius 2 is 2.17 bits per heavy atom. The normalized spacial score (nSPS) is 12.6. The topological polar surface area (TPSA) is 84.6 Å². The Kier molecular flexibility index (Phi) is 4.01. The highest BCUT2D eigenvalue weighted by molar-refractivity contribution is 6.32.